The molecule has 0 aliphatic heterocycles. The number of hydrogen-bond acceptors (Lipinski definition) is 5. The first kappa shape index (κ1) is 19.1. The number of nitrogens with one attached hydrogen (secondary N) is 1. The molecule has 2 aromatic rings. The first-order chi connectivity index (χ1) is 11.8. The normalized spacial score (nSPS) is 12.4. The molecule has 0 saturated carbocycles. The molecule has 0 unspecified atom stereocenters. The maximum absolute atomic E-state index is 12.2. The van der Waals surface area contributed by atoms with Crippen LogP contribution in [-0.4, -0.2) is 32.8 Å². The predicted molar refractivity (Wildman–Crippen MR) is 93.0 cm³/mol. The molecule has 2 aromatic carbocycles. The van der Waals surface area contributed by atoms with Gasteiger partial charge in [0.05, 0.1) is 4.90 Å². The van der Waals surface area contributed by atoms with Crippen LogP contribution in [0.1, 0.15) is 17.3 Å². The Hall–Kier alpha value is -2.22. The molecule has 1 atom stereocenters. The average molecular weight is 382 g/mol. The molecule has 2 rings (SSSR count). The van der Waals surface area contributed by atoms with Gasteiger partial charge < -0.3 is 4.74 Å². The van der Waals surface area contributed by atoms with Gasteiger partial charge in [0, 0.05) is 10.6 Å². The molecular weight excluding hydrogens is 366 g/mol. The van der Waals surface area contributed by atoms with Gasteiger partial charge in [-0.15, -0.1) is 0 Å². The molecule has 0 bridgehead atoms. The maximum Gasteiger partial charge on any atom is 0.324 e. The third-order valence-electron chi connectivity index (χ3n) is 3.25. The first-order valence-electron chi connectivity index (χ1n) is 7.32. The fourth-order valence-corrected chi connectivity index (χ4v) is 3.25. The second kappa shape index (κ2) is 8.24. The molecule has 1 N–H and O–H groups in total. The van der Waals surface area contributed by atoms with E-state index >= 15 is 0 Å². The summed E-state index contributed by atoms with van der Waals surface area (Å²) in [5.41, 5.74) is 0.407. The van der Waals surface area contributed by atoms with Crippen molar-refractivity contribution in [1.82, 2.24) is 4.72 Å². The van der Waals surface area contributed by atoms with Crippen LogP contribution in [0.2, 0.25) is 5.02 Å². The number of halogens is 1. The largest absolute Gasteiger partial charge is 0.456 e. The number of benzene rings is 2. The number of ketones is 1. The fourth-order valence-electron chi connectivity index (χ4n) is 1.93. The summed E-state index contributed by atoms with van der Waals surface area (Å²) < 4.78 is 31.5. The number of sulfonamides is 1. The van der Waals surface area contributed by atoms with Crippen molar-refractivity contribution in [3.8, 4) is 0 Å². The molecule has 0 aliphatic rings. The van der Waals surface area contributed by atoms with Crippen molar-refractivity contribution in [3.05, 3.63) is 65.2 Å². The zero-order chi connectivity index (χ0) is 18.4. The van der Waals surface area contributed by atoms with Gasteiger partial charge in [-0.2, -0.15) is 4.72 Å². The van der Waals surface area contributed by atoms with Crippen LogP contribution >= 0.6 is 11.6 Å². The van der Waals surface area contributed by atoms with E-state index in [1.165, 1.54) is 31.2 Å². The van der Waals surface area contributed by atoms with Crippen LogP contribution in [0.4, 0.5) is 0 Å². The lowest BCUT2D eigenvalue weighted by Gasteiger charge is -2.13. The van der Waals surface area contributed by atoms with Crippen LogP contribution in [0.5, 0.6) is 0 Å². The molecule has 0 aromatic heterocycles. The van der Waals surface area contributed by atoms with Crippen LogP contribution in [0.15, 0.2) is 59.5 Å². The van der Waals surface area contributed by atoms with Gasteiger partial charge in [0.15, 0.2) is 12.4 Å². The summed E-state index contributed by atoms with van der Waals surface area (Å²) in [5, 5.41) is 0.394. The molecule has 0 heterocycles. The van der Waals surface area contributed by atoms with Crippen LogP contribution in [0.3, 0.4) is 0 Å². The third kappa shape index (κ3) is 5.38. The predicted octanol–water partition coefficient (Wildman–Crippen LogP) is 2.43. The lowest BCUT2D eigenvalue weighted by molar-refractivity contribution is -0.144. The Bertz CT molecular complexity index is 850. The standard InChI is InChI=1S/C17H16ClNO5S/c1-12(19-25(22,23)15-9-7-14(18)8-10-15)17(21)24-11-16(20)13-5-3-2-4-6-13/h2-10,12,19H,11H2,1H3/t12-/m0/s1. The van der Waals surface area contributed by atoms with E-state index in [4.69, 9.17) is 16.3 Å². The number of ether oxygens (including phenoxy) is 1. The molecule has 0 aliphatic carbocycles. The molecule has 0 fully saturated rings. The van der Waals surface area contributed by atoms with Gasteiger partial charge in [-0.1, -0.05) is 41.9 Å². The Kier molecular flexibility index (Phi) is 6.30. The third-order valence-corrected chi connectivity index (χ3v) is 5.06. The summed E-state index contributed by atoms with van der Waals surface area (Å²) in [6.07, 6.45) is 0. The van der Waals surface area contributed by atoms with Crippen molar-refractivity contribution in [2.24, 2.45) is 0 Å². The van der Waals surface area contributed by atoms with Crippen molar-refractivity contribution < 1.29 is 22.7 Å². The number of carbonyl (C=O) groups is 2. The molecule has 0 spiro atoms. The molecular formula is C17H16ClNO5S. The lowest BCUT2D eigenvalue weighted by Crippen LogP contribution is -2.40. The first-order valence-corrected chi connectivity index (χ1v) is 9.18. The van der Waals surface area contributed by atoms with E-state index in [9.17, 15) is 18.0 Å². The maximum atomic E-state index is 12.2. The van der Waals surface area contributed by atoms with Crippen LogP contribution in [0.25, 0.3) is 0 Å². The quantitative estimate of drug-likeness (QED) is 0.587. The van der Waals surface area contributed by atoms with Gasteiger partial charge >= 0.3 is 5.97 Å². The molecule has 0 saturated heterocycles. The minimum Gasteiger partial charge on any atom is -0.456 e. The Morgan fingerprint density at radius 1 is 1.08 bits per heavy atom. The zero-order valence-corrected chi connectivity index (χ0v) is 14.9. The van der Waals surface area contributed by atoms with Crippen LogP contribution in [0, 0.1) is 0 Å². The lowest BCUT2D eigenvalue weighted by atomic mass is 10.1. The van der Waals surface area contributed by atoms with Gasteiger partial charge in [0.1, 0.15) is 6.04 Å². The number of rotatable bonds is 7. The minimum atomic E-state index is -3.91. The second-order valence-electron chi connectivity index (χ2n) is 5.19. The Balaban J connectivity index is 1.93. The summed E-state index contributed by atoms with van der Waals surface area (Å²) in [6.45, 7) is 0.874. The molecule has 6 nitrogen and oxygen atoms in total. The summed E-state index contributed by atoms with van der Waals surface area (Å²) in [7, 11) is -3.91. The highest BCUT2D eigenvalue weighted by atomic mass is 35.5. The van der Waals surface area contributed by atoms with E-state index < -0.39 is 28.6 Å². The van der Waals surface area contributed by atoms with E-state index in [0.29, 0.717) is 10.6 Å². The summed E-state index contributed by atoms with van der Waals surface area (Å²) in [6, 6.07) is 12.7. The highest BCUT2D eigenvalue weighted by molar-refractivity contribution is 7.89. The summed E-state index contributed by atoms with van der Waals surface area (Å²) in [4.78, 5) is 23.8. The van der Waals surface area contributed by atoms with Crippen molar-refractivity contribution in [1.29, 1.82) is 0 Å². The van der Waals surface area contributed by atoms with Gasteiger partial charge in [-0.3, -0.25) is 9.59 Å². The monoisotopic (exact) mass is 381 g/mol. The Labute approximate surface area is 150 Å². The van der Waals surface area contributed by atoms with E-state index in [1.807, 2.05) is 0 Å². The number of Topliss-reactive ketones (excluding diaryl/α,β-unsaturated/α-hetero) is 1. The Morgan fingerprint density at radius 3 is 2.28 bits per heavy atom. The average Bonchev–Trinajstić information content (AvgIpc) is 2.60. The van der Waals surface area contributed by atoms with Crippen molar-refractivity contribution in [2.45, 2.75) is 17.9 Å². The van der Waals surface area contributed by atoms with Crippen LogP contribution in [-0.2, 0) is 19.6 Å². The zero-order valence-electron chi connectivity index (χ0n) is 13.3. The second-order valence-corrected chi connectivity index (χ2v) is 7.34. The van der Waals surface area contributed by atoms with E-state index in [1.54, 1.807) is 30.3 Å². The fraction of sp³-hybridized carbons (Fsp3) is 0.176. The topological polar surface area (TPSA) is 89.5 Å². The van der Waals surface area contributed by atoms with Gasteiger partial charge in [-0.05, 0) is 31.2 Å². The van der Waals surface area contributed by atoms with Gasteiger partial charge in [-0.25, -0.2) is 8.42 Å². The number of hydrogen-bond donors (Lipinski definition) is 1. The highest BCUT2D eigenvalue weighted by Crippen LogP contribution is 2.14. The summed E-state index contributed by atoms with van der Waals surface area (Å²) in [5.74, 6) is -1.22. The minimum absolute atomic E-state index is 0.0306. The Morgan fingerprint density at radius 2 is 1.68 bits per heavy atom. The highest BCUT2D eigenvalue weighted by Gasteiger charge is 2.23. The van der Waals surface area contributed by atoms with Crippen LogP contribution < -0.4 is 4.72 Å². The van der Waals surface area contributed by atoms with Gasteiger partial charge in [0.25, 0.3) is 0 Å². The smallest absolute Gasteiger partial charge is 0.324 e. The van der Waals surface area contributed by atoms with Gasteiger partial charge in [0.2, 0.25) is 10.0 Å². The molecule has 25 heavy (non-hydrogen) atoms. The number of esters is 1. The van der Waals surface area contributed by atoms with Crippen molar-refractivity contribution in [3.63, 3.8) is 0 Å². The molecule has 8 heteroatoms. The van der Waals surface area contributed by atoms with Crippen molar-refractivity contribution >= 4 is 33.4 Å². The molecule has 0 radical (unpaired) electrons. The van der Waals surface area contributed by atoms with Crippen molar-refractivity contribution in [2.75, 3.05) is 6.61 Å². The SMILES string of the molecule is C[C@H](NS(=O)(=O)c1ccc(Cl)cc1)C(=O)OCC(=O)c1ccccc1. The van der Waals surface area contributed by atoms with E-state index in [-0.39, 0.29) is 10.7 Å². The van der Waals surface area contributed by atoms with E-state index in [2.05, 4.69) is 4.72 Å². The number of carbonyl (C=O) groups excluding carboxylic acids is 2. The summed E-state index contributed by atoms with van der Waals surface area (Å²) >= 11 is 5.72. The molecule has 0 amide bonds. The molecule has 132 valence electrons. The van der Waals surface area contributed by atoms with E-state index in [0.717, 1.165) is 0 Å².